The molecule has 1 aromatic carbocycles. The number of aromatic nitrogens is 5. The first kappa shape index (κ1) is 26.8. The number of alkyl halides is 3. The third-order valence-corrected chi connectivity index (χ3v) is 8.44. The van der Waals surface area contributed by atoms with Crippen molar-refractivity contribution in [3.63, 3.8) is 0 Å². The van der Waals surface area contributed by atoms with Crippen LogP contribution in [0.3, 0.4) is 0 Å². The Morgan fingerprint density at radius 2 is 1.98 bits per heavy atom. The summed E-state index contributed by atoms with van der Waals surface area (Å²) in [5.41, 5.74) is -0.674. The number of benzene rings is 1. The summed E-state index contributed by atoms with van der Waals surface area (Å²) in [5, 5.41) is 18.9. The van der Waals surface area contributed by atoms with Gasteiger partial charge in [0.2, 0.25) is 0 Å². The Kier molecular flexibility index (Phi) is 6.61. The van der Waals surface area contributed by atoms with Crippen LogP contribution in [0.1, 0.15) is 67.5 Å². The fourth-order valence-electron chi connectivity index (χ4n) is 6.31. The van der Waals surface area contributed by atoms with Crippen molar-refractivity contribution in [3.8, 4) is 5.69 Å². The minimum absolute atomic E-state index is 0.0203. The van der Waals surface area contributed by atoms with E-state index in [1.165, 1.54) is 17.0 Å². The molecular weight excluding hydrogens is 521 g/mol. The van der Waals surface area contributed by atoms with Crippen molar-refractivity contribution in [1.29, 1.82) is 0 Å². The van der Waals surface area contributed by atoms with Crippen molar-refractivity contribution >= 4 is 5.52 Å². The van der Waals surface area contributed by atoms with Gasteiger partial charge in [0, 0.05) is 38.4 Å². The summed E-state index contributed by atoms with van der Waals surface area (Å²) >= 11 is 0. The fourth-order valence-corrected chi connectivity index (χ4v) is 6.31. The number of likely N-dealkylation sites (tertiary alicyclic amines) is 1. The number of rotatable bonds is 6. The van der Waals surface area contributed by atoms with Gasteiger partial charge in [-0.3, -0.25) is 13.9 Å². The third-order valence-electron chi connectivity index (χ3n) is 8.44. The van der Waals surface area contributed by atoms with Crippen LogP contribution in [0, 0.1) is 5.92 Å². The highest BCUT2D eigenvalue weighted by Gasteiger charge is 2.36. The molecule has 6 rings (SSSR count). The second-order valence-electron chi connectivity index (χ2n) is 11.7. The molecule has 0 bridgehead atoms. The summed E-state index contributed by atoms with van der Waals surface area (Å²) in [7, 11) is 1.90. The van der Waals surface area contributed by atoms with Gasteiger partial charge in [0.1, 0.15) is 12.2 Å². The molecule has 3 aromatic heterocycles. The summed E-state index contributed by atoms with van der Waals surface area (Å²) in [5.74, 6) is 1.20. The molecule has 1 N–H and O–H groups in total. The fraction of sp³-hybridized carbons (Fsp3) is 0.483. The molecule has 1 saturated carbocycles. The number of β-amino-alcohol motifs (C(OH)–C–C–N with tert-alkyl or cyclic N) is 1. The first-order chi connectivity index (χ1) is 19.0. The Morgan fingerprint density at radius 1 is 1.18 bits per heavy atom. The van der Waals surface area contributed by atoms with Crippen LogP contribution in [0.15, 0.2) is 53.8 Å². The molecule has 11 heteroatoms. The maximum atomic E-state index is 14.2. The summed E-state index contributed by atoms with van der Waals surface area (Å²) in [6, 6.07) is 8.56. The van der Waals surface area contributed by atoms with E-state index in [0.29, 0.717) is 36.7 Å². The molecule has 2 atom stereocenters. The van der Waals surface area contributed by atoms with Crippen LogP contribution in [0.25, 0.3) is 11.2 Å². The smallest absolute Gasteiger partial charge is 0.389 e. The molecule has 212 valence electrons. The van der Waals surface area contributed by atoms with Crippen LogP contribution in [0.4, 0.5) is 13.2 Å². The van der Waals surface area contributed by atoms with E-state index in [2.05, 4.69) is 10.2 Å². The maximum absolute atomic E-state index is 14.2. The molecule has 0 spiro atoms. The van der Waals surface area contributed by atoms with Gasteiger partial charge in [-0.2, -0.15) is 13.2 Å². The van der Waals surface area contributed by atoms with Gasteiger partial charge in [-0.15, -0.1) is 10.2 Å². The number of pyridine rings is 1. The van der Waals surface area contributed by atoms with Gasteiger partial charge in [-0.25, -0.2) is 4.79 Å². The highest BCUT2D eigenvalue weighted by molar-refractivity contribution is 5.58. The van der Waals surface area contributed by atoms with E-state index in [-0.39, 0.29) is 18.0 Å². The van der Waals surface area contributed by atoms with E-state index >= 15 is 0 Å². The van der Waals surface area contributed by atoms with Crippen LogP contribution >= 0.6 is 0 Å². The zero-order valence-electron chi connectivity index (χ0n) is 22.6. The van der Waals surface area contributed by atoms with E-state index in [9.17, 15) is 23.1 Å². The van der Waals surface area contributed by atoms with E-state index < -0.39 is 23.0 Å². The molecule has 4 heterocycles. The summed E-state index contributed by atoms with van der Waals surface area (Å²) in [4.78, 5) is 15.5. The third kappa shape index (κ3) is 4.96. The molecule has 40 heavy (non-hydrogen) atoms. The van der Waals surface area contributed by atoms with Crippen molar-refractivity contribution in [1.82, 2.24) is 28.6 Å². The van der Waals surface area contributed by atoms with Crippen molar-refractivity contribution in [3.05, 3.63) is 82.1 Å². The standard InChI is InChI=1S/C29H33F3N6O2/c1-28(40)10-5-11-36(17-28)14-19-12-23(29(30,31)32)24-16-37(27(39)38(24)15-19)22-9-4-8-21(13-22)25(20-6-3-7-20)26-34-33-18-35(26)2/h4,8-9,12-13,15-16,18,20,25,40H,3,5-7,10-11,14,17H2,1-2H3/t25-,28?/m1/s1. The summed E-state index contributed by atoms with van der Waals surface area (Å²) in [6.07, 6.45) is 4.45. The number of piperidine rings is 1. The zero-order valence-corrected chi connectivity index (χ0v) is 22.6. The highest BCUT2D eigenvalue weighted by atomic mass is 19.4. The van der Waals surface area contributed by atoms with Gasteiger partial charge in [0.05, 0.1) is 22.4 Å². The summed E-state index contributed by atoms with van der Waals surface area (Å²) in [6.45, 7) is 2.99. The number of imidazole rings is 1. The maximum Gasteiger partial charge on any atom is 0.418 e. The molecule has 0 amide bonds. The topological polar surface area (TPSA) is 80.6 Å². The lowest BCUT2D eigenvalue weighted by Crippen LogP contribution is -2.45. The van der Waals surface area contributed by atoms with Crippen molar-refractivity contribution in [2.45, 2.75) is 63.3 Å². The quantitative estimate of drug-likeness (QED) is 0.379. The minimum Gasteiger partial charge on any atom is -0.389 e. The van der Waals surface area contributed by atoms with Gasteiger partial charge >= 0.3 is 11.9 Å². The lowest BCUT2D eigenvalue weighted by atomic mass is 9.72. The first-order valence-electron chi connectivity index (χ1n) is 13.7. The molecule has 0 radical (unpaired) electrons. The number of halogens is 3. The number of aryl methyl sites for hydroxylation is 1. The van der Waals surface area contributed by atoms with E-state index in [1.54, 1.807) is 19.3 Å². The number of hydrogen-bond donors (Lipinski definition) is 1. The van der Waals surface area contributed by atoms with Crippen molar-refractivity contribution in [2.75, 3.05) is 13.1 Å². The lowest BCUT2D eigenvalue weighted by Gasteiger charge is -2.36. The SMILES string of the molecule is Cn1cnnc1[C@@H](c1cccc(-n2cc3c(C(F)(F)F)cc(CN4CCCC(C)(O)C4)cn3c2=O)c1)C1CCC1. The Hall–Kier alpha value is -3.44. The van der Waals surface area contributed by atoms with E-state index in [1.807, 2.05) is 34.7 Å². The molecule has 2 fully saturated rings. The molecule has 1 aliphatic carbocycles. The van der Waals surface area contributed by atoms with Crippen LogP contribution in [-0.2, 0) is 19.8 Å². The van der Waals surface area contributed by atoms with Crippen LogP contribution in [0.2, 0.25) is 0 Å². The van der Waals surface area contributed by atoms with Gasteiger partial charge in [-0.1, -0.05) is 18.6 Å². The predicted molar refractivity (Wildman–Crippen MR) is 143 cm³/mol. The average Bonchev–Trinajstić information content (AvgIpc) is 3.42. The molecule has 1 unspecified atom stereocenters. The molecule has 1 saturated heterocycles. The van der Waals surface area contributed by atoms with Crippen molar-refractivity contribution < 1.29 is 18.3 Å². The van der Waals surface area contributed by atoms with Gasteiger partial charge < -0.3 is 9.67 Å². The van der Waals surface area contributed by atoms with E-state index in [4.69, 9.17) is 0 Å². The van der Waals surface area contributed by atoms with E-state index in [0.717, 1.165) is 47.5 Å². The predicted octanol–water partition coefficient (Wildman–Crippen LogP) is 4.52. The Bertz CT molecular complexity index is 1600. The normalized spacial score (nSPS) is 21.6. The second kappa shape index (κ2) is 9.88. The number of aliphatic hydroxyl groups is 1. The lowest BCUT2D eigenvalue weighted by molar-refractivity contribution is -0.136. The van der Waals surface area contributed by atoms with Crippen molar-refractivity contribution in [2.24, 2.45) is 13.0 Å². The average molecular weight is 555 g/mol. The number of hydrogen-bond acceptors (Lipinski definition) is 5. The van der Waals surface area contributed by atoms with Crippen LogP contribution in [0.5, 0.6) is 0 Å². The monoisotopic (exact) mass is 554 g/mol. The molecular formula is C29H33F3N6O2. The molecule has 2 aliphatic rings. The zero-order chi connectivity index (χ0) is 28.2. The van der Waals surface area contributed by atoms with Crippen LogP contribution < -0.4 is 5.69 Å². The van der Waals surface area contributed by atoms with Crippen LogP contribution in [-0.4, -0.2) is 52.4 Å². The Morgan fingerprint density at radius 3 is 2.62 bits per heavy atom. The highest BCUT2D eigenvalue weighted by Crippen LogP contribution is 2.43. The molecule has 1 aliphatic heterocycles. The minimum atomic E-state index is -4.64. The van der Waals surface area contributed by atoms with Gasteiger partial charge in [0.15, 0.2) is 0 Å². The Balaban J connectivity index is 1.42. The number of nitrogens with zero attached hydrogens (tertiary/aromatic N) is 6. The molecule has 8 nitrogen and oxygen atoms in total. The van der Waals surface area contributed by atoms with Gasteiger partial charge in [-0.05, 0) is 74.4 Å². The largest absolute Gasteiger partial charge is 0.418 e. The first-order valence-corrected chi connectivity index (χ1v) is 13.7. The summed E-state index contributed by atoms with van der Waals surface area (Å²) < 4.78 is 47.0. The molecule has 4 aromatic rings. The number of fused-ring (bicyclic) bond motifs is 1. The Labute approximate surface area is 229 Å². The van der Waals surface area contributed by atoms with Gasteiger partial charge in [0.25, 0.3) is 0 Å². The second-order valence-corrected chi connectivity index (χ2v) is 11.7.